The van der Waals surface area contributed by atoms with Gasteiger partial charge >= 0.3 is 0 Å². The Morgan fingerprint density at radius 1 is 1.15 bits per heavy atom. The Bertz CT molecular complexity index is 713. The number of anilines is 2. The summed E-state index contributed by atoms with van der Waals surface area (Å²) in [7, 11) is 2.10. The Hall–Kier alpha value is -2.44. The molecule has 0 radical (unpaired) electrons. The van der Waals surface area contributed by atoms with Crippen LogP contribution >= 0.6 is 0 Å². The summed E-state index contributed by atoms with van der Waals surface area (Å²) in [5, 5.41) is 8.20. The van der Waals surface area contributed by atoms with Crippen LogP contribution in [0.4, 0.5) is 11.6 Å². The molecular formula is C20H28N6O. The molecule has 7 heteroatoms. The summed E-state index contributed by atoms with van der Waals surface area (Å²) in [6.07, 6.45) is 12.6. The van der Waals surface area contributed by atoms with E-state index in [1.165, 1.54) is 25.7 Å². The first-order chi connectivity index (χ1) is 13.3. The van der Waals surface area contributed by atoms with Crippen molar-refractivity contribution in [2.45, 2.75) is 44.6 Å². The Balaban J connectivity index is 1.32. The highest BCUT2D eigenvalue weighted by molar-refractivity contribution is 5.41. The number of hydrogen-bond acceptors (Lipinski definition) is 7. The van der Waals surface area contributed by atoms with E-state index in [9.17, 15) is 0 Å². The molecular weight excluding hydrogens is 340 g/mol. The largest absolute Gasteiger partial charge is 0.476 e. The van der Waals surface area contributed by atoms with Gasteiger partial charge in [-0.2, -0.15) is 10.1 Å². The van der Waals surface area contributed by atoms with Crippen molar-refractivity contribution in [1.29, 1.82) is 0 Å². The molecule has 0 aromatic carbocycles. The fourth-order valence-corrected chi connectivity index (χ4v) is 4.09. The number of piperidine rings is 1. The van der Waals surface area contributed by atoms with Gasteiger partial charge in [0.05, 0.1) is 19.0 Å². The number of rotatable bonds is 6. The van der Waals surface area contributed by atoms with Crippen LogP contribution in [0.2, 0.25) is 0 Å². The summed E-state index contributed by atoms with van der Waals surface area (Å²) in [5.74, 6) is 3.17. The number of ether oxygens (including phenoxy) is 1. The van der Waals surface area contributed by atoms with Crippen molar-refractivity contribution in [3.63, 3.8) is 0 Å². The van der Waals surface area contributed by atoms with E-state index in [1.54, 1.807) is 12.4 Å². The molecule has 0 N–H and O–H groups in total. The number of aromatic nitrogens is 4. The minimum absolute atomic E-state index is 0.442. The maximum Gasteiger partial charge on any atom is 0.234 e. The van der Waals surface area contributed by atoms with E-state index in [2.05, 4.69) is 32.0 Å². The normalized spacial score (nSPS) is 18.6. The van der Waals surface area contributed by atoms with E-state index in [4.69, 9.17) is 9.72 Å². The van der Waals surface area contributed by atoms with Gasteiger partial charge in [-0.05, 0) is 43.7 Å². The van der Waals surface area contributed by atoms with E-state index in [0.717, 1.165) is 44.2 Å². The molecule has 0 spiro atoms. The van der Waals surface area contributed by atoms with Crippen molar-refractivity contribution in [1.82, 2.24) is 20.2 Å². The van der Waals surface area contributed by atoms with E-state index < -0.39 is 0 Å². The van der Waals surface area contributed by atoms with Crippen molar-refractivity contribution in [3.8, 4) is 5.88 Å². The Kier molecular flexibility index (Phi) is 5.65. The molecule has 0 amide bonds. The molecule has 1 aliphatic heterocycles. The third-order valence-corrected chi connectivity index (χ3v) is 5.80. The van der Waals surface area contributed by atoms with Crippen molar-refractivity contribution in [2.75, 3.05) is 36.5 Å². The Morgan fingerprint density at radius 2 is 1.96 bits per heavy atom. The van der Waals surface area contributed by atoms with Crippen LogP contribution in [0.3, 0.4) is 0 Å². The van der Waals surface area contributed by atoms with Gasteiger partial charge in [-0.25, -0.2) is 0 Å². The number of nitrogens with zero attached hydrogens (tertiary/aromatic N) is 6. The summed E-state index contributed by atoms with van der Waals surface area (Å²) in [5.41, 5.74) is 0. The molecule has 0 atom stereocenters. The van der Waals surface area contributed by atoms with Gasteiger partial charge in [-0.3, -0.25) is 4.98 Å². The second-order valence-corrected chi connectivity index (χ2v) is 7.59. The van der Waals surface area contributed by atoms with E-state index >= 15 is 0 Å². The monoisotopic (exact) mass is 368 g/mol. The molecule has 7 nitrogen and oxygen atoms in total. The lowest BCUT2D eigenvalue weighted by molar-refractivity contribution is 0.242. The van der Waals surface area contributed by atoms with E-state index in [1.807, 2.05) is 18.3 Å². The van der Waals surface area contributed by atoms with Crippen LogP contribution in [-0.2, 0) is 0 Å². The lowest BCUT2D eigenvalue weighted by atomic mass is 10.0. The highest BCUT2D eigenvalue weighted by atomic mass is 16.5. The summed E-state index contributed by atoms with van der Waals surface area (Å²) < 4.78 is 5.92. The molecule has 4 rings (SSSR count). The smallest absolute Gasteiger partial charge is 0.234 e. The lowest BCUT2D eigenvalue weighted by Gasteiger charge is -2.37. The molecule has 2 aromatic rings. The zero-order valence-corrected chi connectivity index (χ0v) is 16.0. The van der Waals surface area contributed by atoms with Gasteiger partial charge in [0.15, 0.2) is 11.6 Å². The predicted molar refractivity (Wildman–Crippen MR) is 105 cm³/mol. The SMILES string of the molecule is CN(c1cncc(OCC2CCCC2)n1)C1CCN(c2cccnn2)CC1. The molecule has 1 saturated heterocycles. The van der Waals surface area contributed by atoms with E-state index in [0.29, 0.717) is 17.8 Å². The highest BCUT2D eigenvalue weighted by Gasteiger charge is 2.24. The highest BCUT2D eigenvalue weighted by Crippen LogP contribution is 2.26. The van der Waals surface area contributed by atoms with Gasteiger partial charge < -0.3 is 14.5 Å². The van der Waals surface area contributed by atoms with Crippen LogP contribution in [0.15, 0.2) is 30.7 Å². The first kappa shape index (κ1) is 17.9. The summed E-state index contributed by atoms with van der Waals surface area (Å²) in [4.78, 5) is 13.6. The molecule has 1 saturated carbocycles. The average Bonchev–Trinajstić information content (AvgIpc) is 3.26. The molecule has 2 aromatic heterocycles. The molecule has 27 heavy (non-hydrogen) atoms. The van der Waals surface area contributed by atoms with Crippen molar-refractivity contribution < 1.29 is 4.74 Å². The average molecular weight is 368 g/mol. The molecule has 3 heterocycles. The van der Waals surface area contributed by atoms with Gasteiger partial charge in [-0.1, -0.05) is 12.8 Å². The maximum atomic E-state index is 5.92. The predicted octanol–water partition coefficient (Wildman–Crippen LogP) is 2.94. The minimum atomic E-state index is 0.442. The second kappa shape index (κ2) is 8.50. The first-order valence-electron chi connectivity index (χ1n) is 10.00. The molecule has 144 valence electrons. The fourth-order valence-electron chi connectivity index (χ4n) is 4.09. The Labute approximate surface area is 160 Å². The molecule has 0 unspecified atom stereocenters. The molecule has 2 fully saturated rings. The third-order valence-electron chi connectivity index (χ3n) is 5.80. The summed E-state index contributed by atoms with van der Waals surface area (Å²) >= 11 is 0. The Morgan fingerprint density at radius 3 is 2.70 bits per heavy atom. The minimum Gasteiger partial charge on any atom is -0.476 e. The standard InChI is InChI=1S/C20H28N6O/c1-25(17-8-11-26(12-9-17)18-7-4-10-22-24-18)19-13-21-14-20(23-19)27-15-16-5-2-3-6-16/h4,7,10,13-14,16-17H,2-3,5-6,8-9,11-12,15H2,1H3. The zero-order chi connectivity index (χ0) is 18.5. The lowest BCUT2D eigenvalue weighted by Crippen LogP contribution is -2.44. The van der Waals surface area contributed by atoms with Crippen LogP contribution in [-0.4, -0.2) is 53.0 Å². The van der Waals surface area contributed by atoms with Gasteiger partial charge in [-0.15, -0.1) is 5.10 Å². The van der Waals surface area contributed by atoms with Crippen molar-refractivity contribution >= 4 is 11.6 Å². The molecule has 0 bridgehead atoms. The summed E-state index contributed by atoms with van der Waals surface area (Å²) in [6, 6.07) is 4.40. The summed E-state index contributed by atoms with van der Waals surface area (Å²) in [6.45, 7) is 2.70. The maximum absolute atomic E-state index is 5.92. The molecule has 1 aliphatic carbocycles. The van der Waals surface area contributed by atoms with Crippen LogP contribution in [0.25, 0.3) is 0 Å². The third kappa shape index (κ3) is 4.46. The first-order valence-corrected chi connectivity index (χ1v) is 10.00. The topological polar surface area (TPSA) is 67.3 Å². The van der Waals surface area contributed by atoms with Gasteiger partial charge in [0, 0.05) is 32.4 Å². The zero-order valence-electron chi connectivity index (χ0n) is 16.0. The number of hydrogen-bond donors (Lipinski definition) is 0. The van der Waals surface area contributed by atoms with Gasteiger partial charge in [0.1, 0.15) is 0 Å². The van der Waals surface area contributed by atoms with E-state index in [-0.39, 0.29) is 0 Å². The van der Waals surface area contributed by atoms with Crippen molar-refractivity contribution in [3.05, 3.63) is 30.7 Å². The molecule has 2 aliphatic rings. The van der Waals surface area contributed by atoms with Gasteiger partial charge in [0.2, 0.25) is 5.88 Å². The van der Waals surface area contributed by atoms with Gasteiger partial charge in [0.25, 0.3) is 0 Å². The second-order valence-electron chi connectivity index (χ2n) is 7.59. The quantitative estimate of drug-likeness (QED) is 0.776. The van der Waals surface area contributed by atoms with Crippen LogP contribution in [0.1, 0.15) is 38.5 Å². The van der Waals surface area contributed by atoms with Crippen LogP contribution in [0.5, 0.6) is 5.88 Å². The fraction of sp³-hybridized carbons (Fsp3) is 0.600. The van der Waals surface area contributed by atoms with Crippen LogP contribution < -0.4 is 14.5 Å². The van der Waals surface area contributed by atoms with Crippen molar-refractivity contribution in [2.24, 2.45) is 5.92 Å². The van der Waals surface area contributed by atoms with Crippen LogP contribution in [0, 0.1) is 5.92 Å².